The molecule has 1 spiro atoms. The zero-order chi connectivity index (χ0) is 16.3. The highest BCUT2D eigenvalue weighted by Gasteiger charge is 2.51. The Bertz CT molecular complexity index is 610. The van der Waals surface area contributed by atoms with E-state index in [1.807, 2.05) is 30.3 Å². The second-order valence-electron chi connectivity index (χ2n) is 6.69. The molecule has 0 radical (unpaired) electrons. The second kappa shape index (κ2) is 6.65. The molecule has 2 aliphatic rings. The van der Waals surface area contributed by atoms with E-state index < -0.39 is 5.41 Å². The summed E-state index contributed by atoms with van der Waals surface area (Å²) in [5, 5.41) is 0. The first kappa shape index (κ1) is 15.9. The van der Waals surface area contributed by atoms with Gasteiger partial charge in [-0.2, -0.15) is 0 Å². The quantitative estimate of drug-likeness (QED) is 0.622. The van der Waals surface area contributed by atoms with Crippen molar-refractivity contribution in [3.63, 3.8) is 0 Å². The van der Waals surface area contributed by atoms with Crippen molar-refractivity contribution < 1.29 is 14.4 Å². The summed E-state index contributed by atoms with van der Waals surface area (Å²) in [5.41, 5.74) is -0.0205. The molecule has 0 aromatic heterocycles. The molecule has 1 atom stereocenters. The average Bonchev–Trinajstić information content (AvgIpc) is 2.55. The van der Waals surface area contributed by atoms with Gasteiger partial charge in [0.2, 0.25) is 11.8 Å². The molecule has 23 heavy (non-hydrogen) atoms. The maximum absolute atomic E-state index is 13.1. The van der Waals surface area contributed by atoms with Crippen LogP contribution in [-0.2, 0) is 20.9 Å². The maximum atomic E-state index is 13.1. The molecule has 1 heterocycles. The summed E-state index contributed by atoms with van der Waals surface area (Å²) < 4.78 is 0. The SMILES string of the molecule is O=C1CCC2(CCCCCCC2=O)C(=O)N1Cc1ccccc1. The van der Waals surface area contributed by atoms with Crippen LogP contribution in [0.1, 0.15) is 56.9 Å². The van der Waals surface area contributed by atoms with Gasteiger partial charge in [0.25, 0.3) is 0 Å². The number of nitrogens with zero attached hydrogens (tertiary/aromatic N) is 1. The summed E-state index contributed by atoms with van der Waals surface area (Å²) in [4.78, 5) is 39.4. The van der Waals surface area contributed by atoms with Gasteiger partial charge in [0.1, 0.15) is 11.2 Å². The molecule has 1 aliphatic carbocycles. The van der Waals surface area contributed by atoms with E-state index in [0.29, 0.717) is 25.7 Å². The van der Waals surface area contributed by atoms with Crippen LogP contribution in [0.15, 0.2) is 30.3 Å². The van der Waals surface area contributed by atoms with Crippen molar-refractivity contribution in [2.75, 3.05) is 0 Å². The van der Waals surface area contributed by atoms with Gasteiger partial charge in [-0.25, -0.2) is 0 Å². The van der Waals surface area contributed by atoms with Gasteiger partial charge in [0.15, 0.2) is 0 Å². The molecule has 4 heteroatoms. The Kier molecular flexibility index (Phi) is 4.60. The molecule has 1 aromatic rings. The summed E-state index contributed by atoms with van der Waals surface area (Å²) in [7, 11) is 0. The minimum absolute atomic E-state index is 0.0489. The molecule has 1 aromatic carbocycles. The molecular formula is C19H23NO3. The van der Waals surface area contributed by atoms with Gasteiger partial charge < -0.3 is 0 Å². The Morgan fingerprint density at radius 2 is 1.61 bits per heavy atom. The van der Waals surface area contributed by atoms with Crippen molar-refractivity contribution in [1.29, 1.82) is 0 Å². The molecule has 4 nitrogen and oxygen atoms in total. The third kappa shape index (κ3) is 3.07. The topological polar surface area (TPSA) is 54.5 Å². The molecule has 122 valence electrons. The molecule has 1 unspecified atom stereocenters. The van der Waals surface area contributed by atoms with E-state index in [-0.39, 0.29) is 24.1 Å². The van der Waals surface area contributed by atoms with Crippen LogP contribution in [0.2, 0.25) is 0 Å². The Morgan fingerprint density at radius 1 is 0.870 bits per heavy atom. The highest BCUT2D eigenvalue weighted by Crippen LogP contribution is 2.41. The minimum atomic E-state index is -0.941. The Balaban J connectivity index is 1.86. The Hall–Kier alpha value is -1.97. The lowest BCUT2D eigenvalue weighted by Crippen LogP contribution is -2.54. The van der Waals surface area contributed by atoms with Crippen LogP contribution in [0.5, 0.6) is 0 Å². The number of Topliss-reactive ketones (excluding diaryl/α,β-unsaturated/α-hetero) is 1. The fraction of sp³-hybridized carbons (Fsp3) is 0.526. The maximum Gasteiger partial charge on any atom is 0.243 e. The molecular weight excluding hydrogens is 290 g/mol. The third-order valence-corrected chi connectivity index (χ3v) is 5.20. The number of carbonyl (C=O) groups is 3. The van der Waals surface area contributed by atoms with E-state index >= 15 is 0 Å². The number of benzene rings is 1. The summed E-state index contributed by atoms with van der Waals surface area (Å²) in [6, 6.07) is 9.50. The third-order valence-electron chi connectivity index (χ3n) is 5.20. The van der Waals surface area contributed by atoms with Crippen LogP contribution >= 0.6 is 0 Å². The molecule has 0 N–H and O–H groups in total. The highest BCUT2D eigenvalue weighted by atomic mass is 16.2. The van der Waals surface area contributed by atoms with E-state index in [0.717, 1.165) is 31.2 Å². The molecule has 1 aliphatic heterocycles. The van der Waals surface area contributed by atoms with Gasteiger partial charge >= 0.3 is 0 Å². The molecule has 1 saturated carbocycles. The van der Waals surface area contributed by atoms with Crippen molar-refractivity contribution in [3.8, 4) is 0 Å². The number of imide groups is 1. The van der Waals surface area contributed by atoms with E-state index in [9.17, 15) is 14.4 Å². The largest absolute Gasteiger partial charge is 0.299 e. The number of hydrogen-bond donors (Lipinski definition) is 0. The fourth-order valence-corrected chi connectivity index (χ4v) is 3.79. The summed E-state index contributed by atoms with van der Waals surface area (Å²) in [6.45, 7) is 0.271. The van der Waals surface area contributed by atoms with Crippen LogP contribution in [0.25, 0.3) is 0 Å². The van der Waals surface area contributed by atoms with E-state index in [2.05, 4.69) is 0 Å². The first-order valence-electron chi connectivity index (χ1n) is 8.55. The van der Waals surface area contributed by atoms with Gasteiger partial charge in [0, 0.05) is 12.8 Å². The number of carbonyl (C=O) groups excluding carboxylic acids is 3. The zero-order valence-corrected chi connectivity index (χ0v) is 13.4. The van der Waals surface area contributed by atoms with Crippen molar-refractivity contribution >= 4 is 17.6 Å². The first-order chi connectivity index (χ1) is 11.1. The number of ketones is 1. The Labute approximate surface area is 136 Å². The predicted octanol–water partition coefficient (Wildman–Crippen LogP) is 3.25. The molecule has 2 fully saturated rings. The van der Waals surface area contributed by atoms with Crippen molar-refractivity contribution in [1.82, 2.24) is 4.90 Å². The standard InChI is InChI=1S/C19H23NO3/c21-16-10-6-1-2-7-12-19(16)13-11-17(22)20(18(19)23)14-15-8-4-3-5-9-15/h3-5,8-9H,1-2,6-7,10-14H2. The summed E-state index contributed by atoms with van der Waals surface area (Å²) in [6.07, 6.45) is 5.64. The van der Waals surface area contributed by atoms with Gasteiger partial charge in [-0.15, -0.1) is 0 Å². The number of hydrogen-bond acceptors (Lipinski definition) is 3. The van der Waals surface area contributed by atoms with Gasteiger partial charge in [-0.1, -0.05) is 49.6 Å². The van der Waals surface area contributed by atoms with Gasteiger partial charge in [-0.05, 0) is 24.8 Å². The van der Waals surface area contributed by atoms with E-state index in [1.54, 1.807) is 0 Å². The lowest BCUT2D eigenvalue weighted by Gasteiger charge is -2.40. The Morgan fingerprint density at radius 3 is 2.39 bits per heavy atom. The summed E-state index contributed by atoms with van der Waals surface area (Å²) in [5.74, 6) is -0.364. The second-order valence-corrected chi connectivity index (χ2v) is 6.69. The molecule has 1 saturated heterocycles. The van der Waals surface area contributed by atoms with Crippen molar-refractivity contribution in [3.05, 3.63) is 35.9 Å². The van der Waals surface area contributed by atoms with Gasteiger partial charge in [0.05, 0.1) is 6.54 Å². The van der Waals surface area contributed by atoms with Gasteiger partial charge in [-0.3, -0.25) is 19.3 Å². The lowest BCUT2D eigenvalue weighted by atomic mass is 9.69. The highest BCUT2D eigenvalue weighted by molar-refractivity contribution is 6.12. The summed E-state index contributed by atoms with van der Waals surface area (Å²) >= 11 is 0. The normalized spacial score (nSPS) is 26.3. The monoisotopic (exact) mass is 313 g/mol. The van der Waals surface area contributed by atoms with Crippen LogP contribution in [0.4, 0.5) is 0 Å². The number of likely N-dealkylation sites (tertiary alicyclic amines) is 1. The number of piperidine rings is 1. The van der Waals surface area contributed by atoms with Crippen LogP contribution < -0.4 is 0 Å². The van der Waals surface area contributed by atoms with Crippen LogP contribution in [-0.4, -0.2) is 22.5 Å². The van der Waals surface area contributed by atoms with Crippen LogP contribution in [0, 0.1) is 5.41 Å². The lowest BCUT2D eigenvalue weighted by molar-refractivity contribution is -0.163. The van der Waals surface area contributed by atoms with E-state index in [4.69, 9.17) is 0 Å². The smallest absolute Gasteiger partial charge is 0.243 e. The number of amides is 2. The molecule has 0 bridgehead atoms. The first-order valence-corrected chi connectivity index (χ1v) is 8.55. The predicted molar refractivity (Wildman–Crippen MR) is 86.4 cm³/mol. The average molecular weight is 313 g/mol. The van der Waals surface area contributed by atoms with E-state index in [1.165, 1.54) is 4.90 Å². The molecule has 3 rings (SSSR count). The number of rotatable bonds is 2. The zero-order valence-electron chi connectivity index (χ0n) is 13.4. The molecule has 2 amide bonds. The van der Waals surface area contributed by atoms with Crippen LogP contribution in [0.3, 0.4) is 0 Å². The fourth-order valence-electron chi connectivity index (χ4n) is 3.79. The minimum Gasteiger partial charge on any atom is -0.299 e. The van der Waals surface area contributed by atoms with Crippen molar-refractivity contribution in [2.45, 2.75) is 57.9 Å². The van der Waals surface area contributed by atoms with Crippen molar-refractivity contribution in [2.24, 2.45) is 5.41 Å².